The molecule has 0 saturated carbocycles. The number of halogens is 3. The summed E-state index contributed by atoms with van der Waals surface area (Å²) in [5.41, 5.74) is 14.3. The van der Waals surface area contributed by atoms with Gasteiger partial charge < -0.3 is 18.7 Å². The molecule has 0 bridgehead atoms. The summed E-state index contributed by atoms with van der Waals surface area (Å²) in [6.45, 7) is -3.46. The molecule has 1 aromatic carbocycles. The van der Waals surface area contributed by atoms with Gasteiger partial charge in [-0.05, 0) is 30.2 Å². The van der Waals surface area contributed by atoms with E-state index in [9.17, 15) is 12.9 Å². The van der Waals surface area contributed by atoms with Gasteiger partial charge >= 0.3 is 58.4 Å². The first kappa shape index (κ1) is 16.8. The molecular formula is C8H9BF3KN4. The third kappa shape index (κ3) is 5.33. The second kappa shape index (κ2) is 6.67. The summed E-state index contributed by atoms with van der Waals surface area (Å²) >= 11 is 0. The maximum Gasteiger partial charge on any atom is 1.00 e. The predicted octanol–water partition coefficient (Wildman–Crippen LogP) is 0.452. The number of nitrogens with zero attached hydrogens (tertiary/aromatic N) is 3. The number of nitrogens with two attached hydrogens (primary N) is 1. The van der Waals surface area contributed by atoms with Gasteiger partial charge in [-0.25, -0.2) is 0 Å². The first-order chi connectivity index (χ1) is 7.33. The SMILES string of the molecule is Cc1c(C[B-](F)(F)F)cc(N)cc1N=[N+]=[N-].[K+]. The molecule has 0 aliphatic carbocycles. The first-order valence-electron chi connectivity index (χ1n) is 4.48. The van der Waals surface area contributed by atoms with Crippen molar-refractivity contribution in [2.75, 3.05) is 5.73 Å². The molecule has 0 aromatic heterocycles. The van der Waals surface area contributed by atoms with E-state index in [0.717, 1.165) is 0 Å². The Bertz CT molecular complexity index is 457. The largest absolute Gasteiger partial charge is 1.00 e. The summed E-state index contributed by atoms with van der Waals surface area (Å²) in [5.74, 6) is 0. The van der Waals surface area contributed by atoms with Crippen molar-refractivity contribution in [2.24, 2.45) is 5.11 Å². The van der Waals surface area contributed by atoms with Gasteiger partial charge in [0.1, 0.15) is 0 Å². The average molecular weight is 268 g/mol. The van der Waals surface area contributed by atoms with Crippen LogP contribution in [0.1, 0.15) is 11.1 Å². The molecule has 0 amide bonds. The molecule has 2 N–H and O–H groups in total. The van der Waals surface area contributed by atoms with Crippen molar-refractivity contribution in [1.82, 2.24) is 0 Å². The van der Waals surface area contributed by atoms with Crippen molar-refractivity contribution in [3.8, 4) is 0 Å². The van der Waals surface area contributed by atoms with E-state index >= 15 is 0 Å². The summed E-state index contributed by atoms with van der Waals surface area (Å²) in [6.07, 6.45) is -1.02. The zero-order chi connectivity index (χ0) is 12.3. The van der Waals surface area contributed by atoms with E-state index in [1.54, 1.807) is 0 Å². The second-order valence-electron chi connectivity index (χ2n) is 3.43. The van der Waals surface area contributed by atoms with Crippen molar-refractivity contribution >= 4 is 18.4 Å². The van der Waals surface area contributed by atoms with E-state index in [4.69, 9.17) is 11.3 Å². The van der Waals surface area contributed by atoms with Crippen LogP contribution in [-0.4, -0.2) is 6.98 Å². The van der Waals surface area contributed by atoms with E-state index in [1.807, 2.05) is 0 Å². The van der Waals surface area contributed by atoms with Gasteiger partial charge in [0, 0.05) is 16.3 Å². The first-order valence-corrected chi connectivity index (χ1v) is 4.48. The molecule has 17 heavy (non-hydrogen) atoms. The Balaban J connectivity index is 0.00000256. The molecule has 0 heterocycles. The molecule has 0 atom stereocenters. The Morgan fingerprint density at radius 2 is 2.00 bits per heavy atom. The van der Waals surface area contributed by atoms with Gasteiger partial charge in [-0.15, -0.1) is 0 Å². The van der Waals surface area contributed by atoms with Crippen molar-refractivity contribution in [3.63, 3.8) is 0 Å². The number of hydrogen-bond donors (Lipinski definition) is 1. The van der Waals surface area contributed by atoms with Crippen LogP contribution in [0.5, 0.6) is 0 Å². The monoisotopic (exact) mass is 268 g/mol. The van der Waals surface area contributed by atoms with E-state index in [1.165, 1.54) is 19.1 Å². The fraction of sp³-hybridized carbons (Fsp3) is 0.250. The van der Waals surface area contributed by atoms with Crippen molar-refractivity contribution in [2.45, 2.75) is 13.2 Å². The van der Waals surface area contributed by atoms with Crippen LogP contribution in [0, 0.1) is 6.92 Å². The normalized spacial score (nSPS) is 10.4. The number of anilines is 1. The Morgan fingerprint density at radius 1 is 1.41 bits per heavy atom. The molecule has 0 saturated heterocycles. The van der Waals surface area contributed by atoms with Gasteiger partial charge in [0.2, 0.25) is 0 Å². The van der Waals surface area contributed by atoms with Crippen molar-refractivity contribution in [3.05, 3.63) is 33.7 Å². The summed E-state index contributed by atoms with van der Waals surface area (Å²) in [6, 6.07) is 2.60. The molecular weight excluding hydrogens is 259 g/mol. The van der Waals surface area contributed by atoms with E-state index in [0.29, 0.717) is 5.56 Å². The quantitative estimate of drug-likeness (QED) is 0.279. The third-order valence-corrected chi connectivity index (χ3v) is 2.11. The van der Waals surface area contributed by atoms with Crippen LogP contribution in [0.3, 0.4) is 0 Å². The van der Waals surface area contributed by atoms with E-state index in [2.05, 4.69) is 10.0 Å². The summed E-state index contributed by atoms with van der Waals surface area (Å²) in [4.78, 5) is 2.54. The molecule has 0 aliphatic heterocycles. The van der Waals surface area contributed by atoms with Gasteiger partial charge in [0.15, 0.2) is 0 Å². The second-order valence-corrected chi connectivity index (χ2v) is 3.43. The van der Waals surface area contributed by atoms with E-state index < -0.39 is 13.3 Å². The molecule has 1 rings (SSSR count). The van der Waals surface area contributed by atoms with Gasteiger partial charge in [0.05, 0.1) is 0 Å². The fourth-order valence-corrected chi connectivity index (χ4v) is 1.40. The van der Waals surface area contributed by atoms with E-state index in [-0.39, 0.29) is 68.3 Å². The number of azide groups is 1. The van der Waals surface area contributed by atoms with Crippen LogP contribution in [0.15, 0.2) is 17.2 Å². The zero-order valence-electron chi connectivity index (χ0n) is 9.49. The smallest absolute Gasteiger partial charge is 0.449 e. The molecule has 0 aliphatic rings. The molecule has 1 aromatic rings. The third-order valence-electron chi connectivity index (χ3n) is 2.11. The van der Waals surface area contributed by atoms with Gasteiger partial charge in [-0.2, -0.15) is 0 Å². The Hall–Kier alpha value is -0.179. The number of rotatable bonds is 3. The standard InChI is InChI=1S/C8H9BF3N4.K/c1-5-6(4-9(10,11)12)2-7(13)3-8(5)15-16-14;/h2-3H,4,13H2,1H3;/q-1;+1. The minimum absolute atomic E-state index is 0. The molecule has 4 nitrogen and oxygen atoms in total. The van der Waals surface area contributed by atoms with Crippen LogP contribution >= 0.6 is 0 Å². The number of nitrogen functional groups attached to an aromatic ring is 1. The van der Waals surface area contributed by atoms with Crippen LogP contribution in [-0.2, 0) is 6.32 Å². The Labute approximate surface area is 139 Å². The molecule has 0 spiro atoms. The zero-order valence-corrected chi connectivity index (χ0v) is 12.6. The molecule has 86 valence electrons. The number of benzene rings is 1. The van der Waals surface area contributed by atoms with Crippen molar-refractivity contribution in [1.29, 1.82) is 0 Å². The summed E-state index contributed by atoms with van der Waals surface area (Å²) < 4.78 is 36.9. The molecule has 0 radical (unpaired) electrons. The maximum atomic E-state index is 12.3. The molecule has 0 unspecified atom stereocenters. The topological polar surface area (TPSA) is 74.8 Å². The minimum atomic E-state index is -4.93. The number of hydrogen-bond acceptors (Lipinski definition) is 2. The average Bonchev–Trinajstić information content (AvgIpc) is 2.11. The van der Waals surface area contributed by atoms with Gasteiger partial charge in [-0.3, -0.25) is 0 Å². The minimum Gasteiger partial charge on any atom is -0.449 e. The van der Waals surface area contributed by atoms with Gasteiger partial charge in [-0.1, -0.05) is 17.0 Å². The van der Waals surface area contributed by atoms with Crippen LogP contribution < -0.4 is 57.1 Å². The Kier molecular flexibility index (Phi) is 6.60. The van der Waals surface area contributed by atoms with Crippen LogP contribution in [0.25, 0.3) is 10.4 Å². The predicted molar refractivity (Wildman–Crippen MR) is 57.2 cm³/mol. The van der Waals surface area contributed by atoms with Crippen molar-refractivity contribution < 1.29 is 64.3 Å². The molecule has 9 heteroatoms. The molecule has 0 fully saturated rings. The fourth-order valence-electron chi connectivity index (χ4n) is 1.40. The summed E-state index contributed by atoms with van der Waals surface area (Å²) in [7, 11) is 0. The van der Waals surface area contributed by atoms with Crippen LogP contribution in [0.2, 0.25) is 0 Å². The van der Waals surface area contributed by atoms with Crippen LogP contribution in [0.4, 0.5) is 24.3 Å². The summed E-state index contributed by atoms with van der Waals surface area (Å²) in [5, 5.41) is 3.30. The maximum absolute atomic E-state index is 12.3. The van der Waals surface area contributed by atoms with Gasteiger partial charge in [0.25, 0.3) is 0 Å². The Morgan fingerprint density at radius 3 is 2.47 bits per heavy atom.